The molecule has 15 heteroatoms. The molecule has 15 nitrogen and oxygen atoms in total. The van der Waals surface area contributed by atoms with Crippen LogP contribution in [0.5, 0.6) is 0 Å². The van der Waals surface area contributed by atoms with Crippen molar-refractivity contribution < 1.29 is 33.5 Å². The van der Waals surface area contributed by atoms with Crippen molar-refractivity contribution in [1.29, 1.82) is 0 Å². The molecule has 3 atom stereocenters. The van der Waals surface area contributed by atoms with Gasteiger partial charge in [0.05, 0.1) is 25.0 Å². The van der Waals surface area contributed by atoms with Crippen molar-refractivity contribution in [3.8, 4) is 0 Å². The Hall–Kier alpha value is -5.93. The zero-order valence-corrected chi connectivity index (χ0v) is 32.0. The average molecular weight is 781 g/mol. The third-order valence-electron chi connectivity index (χ3n) is 10.1. The average Bonchev–Trinajstić information content (AvgIpc) is 3.22. The minimum Gasteiger partial charge on any atom is -0.378 e. The van der Waals surface area contributed by atoms with Gasteiger partial charge in [-0.1, -0.05) is 54.6 Å². The highest BCUT2D eigenvalue weighted by Gasteiger charge is 2.44. The van der Waals surface area contributed by atoms with Gasteiger partial charge in [-0.2, -0.15) is 0 Å². The van der Waals surface area contributed by atoms with Crippen molar-refractivity contribution in [1.82, 2.24) is 36.5 Å². The molecule has 2 aromatic carbocycles. The van der Waals surface area contributed by atoms with E-state index in [1.165, 1.54) is 6.08 Å². The van der Waals surface area contributed by atoms with Crippen LogP contribution in [0.2, 0.25) is 0 Å². The van der Waals surface area contributed by atoms with E-state index in [1.54, 1.807) is 53.7 Å². The van der Waals surface area contributed by atoms with Crippen molar-refractivity contribution in [2.45, 2.75) is 57.2 Å². The monoisotopic (exact) mass is 780 g/mol. The SMILES string of the molecule is NCCOCCNC(=O)[C@@H]1CCNC(=O)/C=C/C(=O)N2CCC[C@](Cc3ccccc3)(C2)C(=O)N[C@@H](Cc2ccncc2)C(=O)NCc2ccccc2CC(=O)N1. The van der Waals surface area contributed by atoms with E-state index in [4.69, 9.17) is 10.5 Å². The van der Waals surface area contributed by atoms with Gasteiger partial charge in [-0.15, -0.1) is 0 Å². The molecule has 0 spiro atoms. The number of nitrogens with two attached hydrogens (primary N) is 1. The zero-order valence-electron chi connectivity index (χ0n) is 32.0. The molecule has 1 aromatic heterocycles. The van der Waals surface area contributed by atoms with Gasteiger partial charge in [-0.05, 0) is 60.1 Å². The van der Waals surface area contributed by atoms with Gasteiger partial charge in [-0.25, -0.2) is 0 Å². The Balaban J connectivity index is 1.44. The Morgan fingerprint density at radius 1 is 0.895 bits per heavy atom. The zero-order chi connectivity index (χ0) is 40.5. The fourth-order valence-corrected chi connectivity index (χ4v) is 7.09. The van der Waals surface area contributed by atoms with E-state index >= 15 is 0 Å². The van der Waals surface area contributed by atoms with E-state index in [0.29, 0.717) is 50.1 Å². The van der Waals surface area contributed by atoms with Gasteiger partial charge in [0.25, 0.3) is 0 Å². The lowest BCUT2D eigenvalue weighted by atomic mass is 9.74. The van der Waals surface area contributed by atoms with Crippen LogP contribution in [0.1, 0.15) is 41.5 Å². The normalized spacial score (nSPS) is 22.0. The highest BCUT2D eigenvalue weighted by atomic mass is 16.5. The Bertz CT molecular complexity index is 1880. The maximum absolute atomic E-state index is 14.6. The molecule has 0 saturated carbocycles. The summed E-state index contributed by atoms with van der Waals surface area (Å²) in [6.07, 6.45) is 6.99. The highest BCUT2D eigenvalue weighted by Crippen LogP contribution is 2.35. The molecular weight excluding hydrogens is 729 g/mol. The summed E-state index contributed by atoms with van der Waals surface area (Å²) in [5, 5.41) is 14.3. The first-order chi connectivity index (χ1) is 27.7. The molecule has 1 fully saturated rings. The predicted molar refractivity (Wildman–Crippen MR) is 212 cm³/mol. The first-order valence-electron chi connectivity index (χ1n) is 19.3. The molecule has 0 aliphatic carbocycles. The number of nitrogens with zero attached hydrogens (tertiary/aromatic N) is 2. The van der Waals surface area contributed by atoms with E-state index < -0.39 is 47.0 Å². The van der Waals surface area contributed by atoms with Crippen LogP contribution in [0.4, 0.5) is 0 Å². The van der Waals surface area contributed by atoms with Crippen LogP contribution in [0.25, 0.3) is 0 Å². The number of aromatic nitrogens is 1. The molecule has 7 N–H and O–H groups in total. The van der Waals surface area contributed by atoms with Crippen LogP contribution in [0, 0.1) is 5.41 Å². The minimum atomic E-state index is -1.08. The summed E-state index contributed by atoms with van der Waals surface area (Å²) >= 11 is 0. The van der Waals surface area contributed by atoms with E-state index in [9.17, 15) is 28.8 Å². The number of benzene rings is 2. The van der Waals surface area contributed by atoms with Crippen molar-refractivity contribution in [2.24, 2.45) is 11.1 Å². The molecule has 2 aliphatic heterocycles. The third-order valence-corrected chi connectivity index (χ3v) is 10.1. The molecule has 3 heterocycles. The van der Waals surface area contributed by atoms with Crippen molar-refractivity contribution in [3.05, 3.63) is 114 Å². The predicted octanol–water partition coefficient (Wildman–Crippen LogP) is 0.472. The highest BCUT2D eigenvalue weighted by molar-refractivity contribution is 5.97. The van der Waals surface area contributed by atoms with Crippen molar-refractivity contribution in [3.63, 3.8) is 0 Å². The van der Waals surface area contributed by atoms with E-state index in [1.807, 2.05) is 30.3 Å². The maximum atomic E-state index is 14.6. The number of nitrogens with one attached hydrogen (secondary N) is 5. The summed E-state index contributed by atoms with van der Waals surface area (Å²) in [7, 11) is 0. The summed E-state index contributed by atoms with van der Waals surface area (Å²) in [5.41, 5.74) is 7.38. The van der Waals surface area contributed by atoms with Crippen LogP contribution in [0.15, 0.2) is 91.3 Å². The molecular formula is C42H52N8O7. The Labute approximate surface area is 332 Å². The molecule has 302 valence electrons. The second-order valence-electron chi connectivity index (χ2n) is 14.3. The van der Waals surface area contributed by atoms with Gasteiger partial charge >= 0.3 is 0 Å². The maximum Gasteiger partial charge on any atom is 0.246 e. The standard InChI is InChI=1S/C42H52N8O7/c43-17-23-57-24-21-46-39(54)34-15-20-45-36(51)11-12-38(53)50-22-6-16-42(29-50,27-31-7-2-1-3-8-31)41(56)49-35(25-30-13-18-44-19-14-30)40(55)47-28-33-10-5-4-9-32(33)26-37(52)48-34/h1-5,7-14,18-19,34-35H,6,15-17,20-29,43H2,(H,45,51)(H,46,54)(H,47,55)(H,48,52)(H,49,56)/b12-11+/t34-,35-,42-/m0/s1. The number of amides is 6. The summed E-state index contributed by atoms with van der Waals surface area (Å²) in [6.45, 7) is 1.64. The lowest BCUT2D eigenvalue weighted by Gasteiger charge is -2.42. The number of piperidine rings is 1. The van der Waals surface area contributed by atoms with E-state index in [2.05, 4.69) is 31.6 Å². The number of carbonyl (C=O) groups excluding carboxylic acids is 6. The van der Waals surface area contributed by atoms with Crippen molar-refractivity contribution in [2.75, 3.05) is 45.9 Å². The topological polar surface area (TPSA) is 214 Å². The molecule has 1 saturated heterocycles. The van der Waals surface area contributed by atoms with E-state index in [-0.39, 0.29) is 58.0 Å². The molecule has 0 unspecified atom stereocenters. The number of fused-ring (bicyclic) bond motifs is 3. The summed E-state index contributed by atoms with van der Waals surface area (Å²) < 4.78 is 5.34. The van der Waals surface area contributed by atoms with Gasteiger partial charge in [0.1, 0.15) is 12.1 Å². The molecule has 2 bridgehead atoms. The summed E-state index contributed by atoms with van der Waals surface area (Å²) in [4.78, 5) is 87.4. The number of pyridine rings is 1. The third kappa shape index (κ3) is 12.8. The van der Waals surface area contributed by atoms with Gasteiger partial charge in [-0.3, -0.25) is 33.8 Å². The lowest BCUT2D eigenvalue weighted by Crippen LogP contribution is -2.58. The molecule has 6 amide bonds. The molecule has 3 aromatic rings. The largest absolute Gasteiger partial charge is 0.378 e. The minimum absolute atomic E-state index is 0.0206. The second kappa shape index (κ2) is 21.4. The van der Waals surface area contributed by atoms with Crippen LogP contribution in [-0.4, -0.2) is 103 Å². The smallest absolute Gasteiger partial charge is 0.246 e. The number of ether oxygens (including phenoxy) is 1. The van der Waals surface area contributed by atoms with Gasteiger partial charge in [0, 0.05) is 70.2 Å². The summed E-state index contributed by atoms with van der Waals surface area (Å²) in [5.74, 6) is -2.69. The van der Waals surface area contributed by atoms with Crippen molar-refractivity contribution >= 4 is 35.4 Å². The van der Waals surface area contributed by atoms with Crippen LogP contribution < -0.4 is 32.3 Å². The number of hydrogen-bond donors (Lipinski definition) is 6. The van der Waals surface area contributed by atoms with Gasteiger partial charge < -0.3 is 42.0 Å². The quantitative estimate of drug-likeness (QED) is 0.158. The Morgan fingerprint density at radius 2 is 1.65 bits per heavy atom. The number of hydrogen-bond acceptors (Lipinski definition) is 9. The van der Waals surface area contributed by atoms with Crippen LogP contribution in [0.3, 0.4) is 0 Å². The fourth-order valence-electron chi connectivity index (χ4n) is 7.09. The van der Waals surface area contributed by atoms with Gasteiger partial charge in [0.15, 0.2) is 0 Å². The molecule has 2 aliphatic rings. The van der Waals surface area contributed by atoms with E-state index in [0.717, 1.165) is 17.2 Å². The first kappa shape index (κ1) is 42.2. The van der Waals surface area contributed by atoms with Gasteiger partial charge in [0.2, 0.25) is 35.4 Å². The van der Waals surface area contributed by atoms with Crippen LogP contribution in [-0.2, 0) is 59.3 Å². The molecule has 57 heavy (non-hydrogen) atoms. The fraction of sp³-hybridized carbons (Fsp3) is 0.405. The molecule has 5 rings (SSSR count). The Morgan fingerprint density at radius 3 is 2.42 bits per heavy atom. The number of rotatable bonds is 10. The number of carbonyl (C=O) groups is 6. The summed E-state index contributed by atoms with van der Waals surface area (Å²) in [6, 6.07) is 18.3. The Kier molecular flexibility index (Phi) is 15.8. The molecule has 0 radical (unpaired) electrons. The second-order valence-corrected chi connectivity index (χ2v) is 14.3. The lowest BCUT2D eigenvalue weighted by molar-refractivity contribution is -0.141. The first-order valence-corrected chi connectivity index (χ1v) is 19.3. The van der Waals surface area contributed by atoms with Crippen LogP contribution >= 0.6 is 0 Å².